The lowest BCUT2D eigenvalue weighted by Crippen LogP contribution is -2.17. The number of para-hydroxylation sites is 4. The highest BCUT2D eigenvalue weighted by Crippen LogP contribution is 2.41. The van der Waals surface area contributed by atoms with E-state index in [2.05, 4.69) is 12.1 Å². The predicted molar refractivity (Wildman–Crippen MR) is 263 cm³/mol. The highest BCUT2D eigenvalue weighted by Gasteiger charge is 2.25. The lowest BCUT2D eigenvalue weighted by atomic mass is 9.89. The van der Waals surface area contributed by atoms with E-state index in [1.54, 1.807) is 42.1 Å². The Morgan fingerprint density at radius 2 is 0.797 bits per heavy atom. The van der Waals surface area contributed by atoms with Crippen LogP contribution in [-0.2, 0) is 71.9 Å². The number of ether oxygens (including phenoxy) is 9. The van der Waals surface area contributed by atoms with Gasteiger partial charge < -0.3 is 42.6 Å². The van der Waals surface area contributed by atoms with Crippen molar-refractivity contribution in [2.45, 2.75) is 59.3 Å². The minimum atomic E-state index is -0.487. The Bertz CT molecular complexity index is 2740. The van der Waals surface area contributed by atoms with Crippen molar-refractivity contribution < 1.29 is 57.0 Å². The van der Waals surface area contributed by atoms with E-state index in [9.17, 15) is 14.4 Å². The van der Waals surface area contributed by atoms with Gasteiger partial charge in [-0.3, -0.25) is 0 Å². The van der Waals surface area contributed by atoms with Gasteiger partial charge in [-0.05, 0) is 101 Å². The Morgan fingerprint density at radius 3 is 1.20 bits per heavy atom. The number of fused-ring (bicyclic) bond motifs is 10. The Kier molecular flexibility index (Phi) is 17.2. The van der Waals surface area contributed by atoms with Gasteiger partial charge in [0.2, 0.25) is 0 Å². The molecule has 5 aromatic carbocycles. The summed E-state index contributed by atoms with van der Waals surface area (Å²) in [6.45, 7) is 5.13. The molecule has 0 heterocycles. The normalized spacial score (nSPS) is 15.0. The van der Waals surface area contributed by atoms with Crippen molar-refractivity contribution in [1.82, 2.24) is 0 Å². The predicted octanol–water partition coefficient (Wildman–Crippen LogP) is 9.47. The molecule has 69 heavy (non-hydrogen) atoms. The molecule has 7 rings (SSSR count). The average Bonchev–Trinajstić information content (AvgIpc) is 3.33. The average molecular weight is 937 g/mol. The van der Waals surface area contributed by atoms with Crippen LogP contribution in [0.2, 0.25) is 0 Å². The summed E-state index contributed by atoms with van der Waals surface area (Å²) in [4.78, 5) is 38.5. The van der Waals surface area contributed by atoms with Crippen LogP contribution >= 0.6 is 0 Å². The van der Waals surface area contributed by atoms with E-state index < -0.39 is 17.9 Å². The molecule has 0 atom stereocenters. The molecule has 0 saturated carbocycles. The number of benzene rings is 5. The number of methoxy groups -OCH3 is 3. The Balaban J connectivity index is 1.52. The minimum Gasteiger partial charge on any atom is -0.496 e. The highest BCUT2D eigenvalue weighted by atomic mass is 16.6. The lowest BCUT2D eigenvalue weighted by molar-refractivity contribution is -0.146. The molecule has 360 valence electrons. The molecule has 0 aliphatic heterocycles. The van der Waals surface area contributed by atoms with Gasteiger partial charge in [-0.15, -0.1) is 0 Å². The molecule has 5 aromatic rings. The van der Waals surface area contributed by atoms with Gasteiger partial charge in [0.1, 0.15) is 34.5 Å². The third kappa shape index (κ3) is 12.2. The molecule has 2 aliphatic rings. The molecular formula is C57H60O12. The summed E-state index contributed by atoms with van der Waals surface area (Å²) in [5.74, 6) is 2.17. The molecule has 0 aromatic heterocycles. The largest absolute Gasteiger partial charge is 0.496 e. The Hall–Kier alpha value is -7.47. The van der Waals surface area contributed by atoms with E-state index >= 15 is 0 Å². The van der Waals surface area contributed by atoms with Crippen molar-refractivity contribution in [3.05, 3.63) is 176 Å². The van der Waals surface area contributed by atoms with Gasteiger partial charge in [-0.2, -0.15) is 0 Å². The molecule has 0 fully saturated rings. The Morgan fingerprint density at radius 1 is 0.435 bits per heavy atom. The smallest absolute Gasteiger partial charge is 0.344 e. The fourth-order valence-corrected chi connectivity index (χ4v) is 9.04. The third-order valence-electron chi connectivity index (χ3n) is 11.8. The second-order valence-electron chi connectivity index (χ2n) is 16.4. The number of hydrogen-bond acceptors (Lipinski definition) is 12. The zero-order valence-corrected chi connectivity index (χ0v) is 40.3. The first-order chi connectivity index (χ1) is 33.7. The van der Waals surface area contributed by atoms with Crippen LogP contribution in [0.15, 0.2) is 115 Å². The molecule has 12 heteroatoms. The number of esters is 3. The van der Waals surface area contributed by atoms with E-state index in [0.29, 0.717) is 73.0 Å². The maximum atomic E-state index is 12.9. The number of rotatable bonds is 15. The lowest BCUT2D eigenvalue weighted by Gasteiger charge is -2.23. The van der Waals surface area contributed by atoms with Crippen LogP contribution in [0.1, 0.15) is 82.0 Å². The maximum absolute atomic E-state index is 12.9. The van der Waals surface area contributed by atoms with Crippen molar-refractivity contribution in [1.29, 1.82) is 0 Å². The van der Waals surface area contributed by atoms with Crippen molar-refractivity contribution >= 4 is 23.7 Å². The van der Waals surface area contributed by atoms with Gasteiger partial charge >= 0.3 is 17.9 Å². The molecule has 0 N–H and O–H groups in total. The third-order valence-corrected chi connectivity index (χ3v) is 11.8. The molecule has 0 radical (unpaired) electrons. The van der Waals surface area contributed by atoms with Crippen LogP contribution in [-0.4, -0.2) is 78.9 Å². The fraction of sp³-hybridized carbons (Fsp3) is 0.316. The number of carbonyl (C=O) groups is 3. The van der Waals surface area contributed by atoms with E-state index in [1.807, 2.05) is 97.1 Å². The summed E-state index contributed by atoms with van der Waals surface area (Å²) in [5.41, 5.74) is 10.1. The summed E-state index contributed by atoms with van der Waals surface area (Å²) >= 11 is 0. The van der Waals surface area contributed by atoms with Gasteiger partial charge in [0.15, 0.2) is 19.8 Å². The van der Waals surface area contributed by atoms with E-state index in [4.69, 9.17) is 42.6 Å². The maximum Gasteiger partial charge on any atom is 0.344 e. The monoisotopic (exact) mass is 936 g/mol. The topological polar surface area (TPSA) is 134 Å². The second-order valence-corrected chi connectivity index (χ2v) is 16.4. The molecule has 0 saturated heterocycles. The van der Waals surface area contributed by atoms with Gasteiger partial charge in [0, 0.05) is 37.7 Å². The number of carbonyl (C=O) groups excluding carboxylic acids is 3. The minimum absolute atomic E-state index is 0.216. The zero-order valence-electron chi connectivity index (χ0n) is 40.3. The van der Waals surface area contributed by atoms with Crippen LogP contribution in [0.25, 0.3) is 5.76 Å². The standard InChI is InChI=1S/C57H60O12/c1-7-64-49(58)34-67-55-37-17-11-10-12-18-38-27-41-23-15-24-42(56(41)68-35-50(59)65-8-2)28-39-20-14-21-40(52(39)61-4)29-43-25-16-26-45(57(43)69-36-51(60)66-9-3)31-47-33-48(53(38)62-5)32-46(54(47)63-6)30-44(55)22-13-19-37/h10-16,18-26,32-33H,7-9,17,27-31,34-36H2,1-6H3/b11-10+,18-12-,53-38+. The summed E-state index contributed by atoms with van der Waals surface area (Å²) < 4.78 is 54.2. The van der Waals surface area contributed by atoms with Crippen molar-refractivity contribution in [3.63, 3.8) is 0 Å². The van der Waals surface area contributed by atoms with Gasteiger partial charge in [-0.25, -0.2) is 14.4 Å². The quantitative estimate of drug-likeness (QED) is 0.0731. The van der Waals surface area contributed by atoms with E-state index in [0.717, 1.165) is 66.8 Å². The molecule has 2 aliphatic carbocycles. The Labute approximate surface area is 404 Å². The summed E-state index contributed by atoms with van der Waals surface area (Å²) in [6.07, 6.45) is 10.4. The van der Waals surface area contributed by atoms with Gasteiger partial charge in [0.05, 0.1) is 41.2 Å². The number of hydrogen-bond donors (Lipinski definition) is 0. The second kappa shape index (κ2) is 24.0. The SMILES string of the molecule is CCOC(=O)COc1c2cccc1Cc1cc3cc(c1OC)Cc1cccc(c1OCC(=O)OCC)Cc1cccc(c1OC)Cc1cccc(c1OCC(=O)OCC)CC(=C\3OC)/C=C\C=C\C2. The van der Waals surface area contributed by atoms with E-state index in [1.165, 1.54) is 0 Å². The van der Waals surface area contributed by atoms with Gasteiger partial charge in [-0.1, -0.05) is 97.1 Å². The summed E-state index contributed by atoms with van der Waals surface area (Å²) in [6, 6.07) is 28.1. The molecule has 0 unspecified atom stereocenters. The van der Waals surface area contributed by atoms with E-state index in [-0.39, 0.29) is 39.6 Å². The molecular weight excluding hydrogens is 877 g/mol. The fourth-order valence-electron chi connectivity index (χ4n) is 9.04. The first-order valence-electron chi connectivity index (χ1n) is 23.3. The first kappa shape index (κ1) is 49.4. The highest BCUT2D eigenvalue weighted by molar-refractivity contribution is 5.74. The van der Waals surface area contributed by atoms with Crippen LogP contribution in [0, 0.1) is 0 Å². The summed E-state index contributed by atoms with van der Waals surface area (Å²) in [5, 5.41) is 0. The van der Waals surface area contributed by atoms with Crippen LogP contribution < -0.4 is 23.7 Å². The molecule has 12 nitrogen and oxygen atoms in total. The van der Waals surface area contributed by atoms with Crippen LogP contribution in [0.3, 0.4) is 0 Å². The van der Waals surface area contributed by atoms with Crippen LogP contribution in [0.4, 0.5) is 0 Å². The van der Waals surface area contributed by atoms with Gasteiger partial charge in [0.25, 0.3) is 0 Å². The van der Waals surface area contributed by atoms with Crippen molar-refractivity contribution in [3.8, 4) is 28.7 Å². The molecule has 0 amide bonds. The molecule has 0 spiro atoms. The van der Waals surface area contributed by atoms with Crippen LogP contribution in [0.5, 0.6) is 28.7 Å². The van der Waals surface area contributed by atoms with Crippen molar-refractivity contribution in [2.75, 3.05) is 61.0 Å². The molecule has 12 bridgehead atoms. The zero-order chi connectivity index (χ0) is 48.7. The summed E-state index contributed by atoms with van der Waals surface area (Å²) in [7, 11) is 4.96. The van der Waals surface area contributed by atoms with Crippen molar-refractivity contribution in [2.24, 2.45) is 0 Å². The first-order valence-corrected chi connectivity index (χ1v) is 23.3. The number of allylic oxidation sites excluding steroid dienone is 5.